The number of carbonyl (C=O) groups excluding carboxylic acids is 1. The van der Waals surface area contributed by atoms with Crippen molar-refractivity contribution in [3.63, 3.8) is 0 Å². The van der Waals surface area contributed by atoms with Gasteiger partial charge in [-0.15, -0.1) is 0 Å². The van der Waals surface area contributed by atoms with Crippen LogP contribution < -0.4 is 10.9 Å². The molecule has 0 fully saturated rings. The van der Waals surface area contributed by atoms with Gasteiger partial charge in [0, 0.05) is 17.5 Å². The van der Waals surface area contributed by atoms with Gasteiger partial charge in [0.25, 0.3) is 5.56 Å². The van der Waals surface area contributed by atoms with E-state index >= 15 is 0 Å². The molecule has 0 saturated heterocycles. The first kappa shape index (κ1) is 17.0. The fraction of sp³-hybridized carbons (Fsp3) is 0.238. The van der Waals surface area contributed by atoms with E-state index in [9.17, 15) is 9.59 Å². The van der Waals surface area contributed by atoms with Crippen LogP contribution in [-0.2, 0) is 11.2 Å². The van der Waals surface area contributed by atoms with Crippen LogP contribution in [0.5, 0.6) is 0 Å². The van der Waals surface area contributed by atoms with Crippen molar-refractivity contribution in [1.29, 1.82) is 0 Å². The maximum Gasteiger partial charge on any atom is 0.251 e. The third-order valence-corrected chi connectivity index (χ3v) is 4.38. The summed E-state index contributed by atoms with van der Waals surface area (Å²) in [6, 6.07) is 17.6. The number of rotatable bonds is 5. The number of hydrogen-bond donors (Lipinski definition) is 2. The van der Waals surface area contributed by atoms with Crippen molar-refractivity contribution in [2.75, 3.05) is 0 Å². The molecule has 2 N–H and O–H groups in total. The molecule has 4 heteroatoms. The second-order valence-corrected chi connectivity index (χ2v) is 6.41. The summed E-state index contributed by atoms with van der Waals surface area (Å²) in [5.74, 6) is -0.0555. The summed E-state index contributed by atoms with van der Waals surface area (Å²) in [5, 5.41) is 3.97. The van der Waals surface area contributed by atoms with E-state index in [4.69, 9.17) is 0 Å². The third-order valence-electron chi connectivity index (χ3n) is 4.38. The molecule has 0 aliphatic heterocycles. The van der Waals surface area contributed by atoms with E-state index in [1.54, 1.807) is 0 Å². The Kier molecular flexibility index (Phi) is 4.98. The van der Waals surface area contributed by atoms with E-state index in [2.05, 4.69) is 10.3 Å². The van der Waals surface area contributed by atoms with Crippen LogP contribution in [0, 0.1) is 6.92 Å². The monoisotopic (exact) mass is 334 g/mol. The van der Waals surface area contributed by atoms with Crippen molar-refractivity contribution < 1.29 is 4.79 Å². The zero-order valence-electron chi connectivity index (χ0n) is 14.5. The van der Waals surface area contributed by atoms with Crippen molar-refractivity contribution in [2.24, 2.45) is 0 Å². The van der Waals surface area contributed by atoms with Crippen molar-refractivity contribution in [3.8, 4) is 0 Å². The Morgan fingerprint density at radius 2 is 1.88 bits per heavy atom. The van der Waals surface area contributed by atoms with E-state index < -0.39 is 0 Å². The largest absolute Gasteiger partial charge is 0.350 e. The number of carbonyl (C=O) groups is 1. The lowest BCUT2D eigenvalue weighted by atomic mass is 10.1. The number of nitrogens with one attached hydrogen (secondary N) is 2. The van der Waals surface area contributed by atoms with Crippen LogP contribution in [0.25, 0.3) is 10.9 Å². The van der Waals surface area contributed by atoms with Gasteiger partial charge < -0.3 is 10.3 Å². The standard InChI is InChI=1S/C21H22N2O2/c1-14-8-10-19-18(12-14)13-17(21(25)23-19)9-11-20(24)22-15(2)16-6-4-3-5-7-16/h3-8,10,12-13,15H,9,11H2,1-2H3,(H,22,24)(H,23,25). The lowest BCUT2D eigenvalue weighted by molar-refractivity contribution is -0.121. The van der Waals surface area contributed by atoms with Crippen LogP contribution >= 0.6 is 0 Å². The molecule has 1 heterocycles. The first-order valence-corrected chi connectivity index (χ1v) is 8.50. The van der Waals surface area contributed by atoms with E-state index in [0.29, 0.717) is 12.0 Å². The Labute approximate surface area is 146 Å². The molecule has 0 aliphatic rings. The van der Waals surface area contributed by atoms with Crippen LogP contribution in [0.1, 0.15) is 36.1 Å². The van der Waals surface area contributed by atoms with Crippen LogP contribution in [0.2, 0.25) is 0 Å². The Morgan fingerprint density at radius 1 is 1.12 bits per heavy atom. The third kappa shape index (κ3) is 4.15. The van der Waals surface area contributed by atoms with Gasteiger partial charge in [0.05, 0.1) is 6.04 Å². The second kappa shape index (κ2) is 7.34. The molecule has 3 aromatic rings. The van der Waals surface area contributed by atoms with Gasteiger partial charge >= 0.3 is 0 Å². The predicted molar refractivity (Wildman–Crippen MR) is 101 cm³/mol. The van der Waals surface area contributed by atoms with Gasteiger partial charge in [-0.2, -0.15) is 0 Å². The minimum Gasteiger partial charge on any atom is -0.350 e. The van der Waals surface area contributed by atoms with E-state index in [1.165, 1.54) is 0 Å². The Balaban J connectivity index is 1.66. The lowest BCUT2D eigenvalue weighted by Gasteiger charge is -2.14. The highest BCUT2D eigenvalue weighted by Crippen LogP contribution is 2.15. The molecule has 0 aliphatic carbocycles. The Hall–Kier alpha value is -2.88. The minimum atomic E-state index is -0.125. The molecule has 0 spiro atoms. The van der Waals surface area contributed by atoms with Gasteiger partial charge in [-0.3, -0.25) is 9.59 Å². The number of fused-ring (bicyclic) bond motifs is 1. The molecular weight excluding hydrogens is 312 g/mol. The quantitative estimate of drug-likeness (QED) is 0.748. The fourth-order valence-corrected chi connectivity index (χ4v) is 2.94. The molecule has 4 nitrogen and oxygen atoms in total. The van der Waals surface area contributed by atoms with E-state index in [-0.39, 0.29) is 23.9 Å². The first-order chi connectivity index (χ1) is 12.0. The van der Waals surface area contributed by atoms with Crippen LogP contribution in [-0.4, -0.2) is 10.9 Å². The normalized spacial score (nSPS) is 12.1. The van der Waals surface area contributed by atoms with E-state index in [1.807, 2.05) is 68.4 Å². The summed E-state index contributed by atoms with van der Waals surface area (Å²) in [4.78, 5) is 27.3. The molecule has 1 unspecified atom stereocenters. The van der Waals surface area contributed by atoms with Crippen molar-refractivity contribution >= 4 is 16.8 Å². The smallest absolute Gasteiger partial charge is 0.251 e. The molecular formula is C21H22N2O2. The van der Waals surface area contributed by atoms with Crippen LogP contribution in [0.3, 0.4) is 0 Å². The molecule has 1 atom stereocenters. The SMILES string of the molecule is Cc1ccc2[nH]c(=O)c(CCC(=O)NC(C)c3ccccc3)cc2c1. The topological polar surface area (TPSA) is 62.0 Å². The summed E-state index contributed by atoms with van der Waals surface area (Å²) in [7, 11) is 0. The molecule has 0 saturated carbocycles. The Morgan fingerprint density at radius 3 is 2.64 bits per heavy atom. The average molecular weight is 334 g/mol. The fourth-order valence-electron chi connectivity index (χ4n) is 2.94. The first-order valence-electron chi connectivity index (χ1n) is 8.50. The molecule has 128 valence electrons. The van der Waals surface area contributed by atoms with Crippen LogP contribution in [0.4, 0.5) is 0 Å². The molecule has 3 rings (SSSR count). The Bertz CT molecular complexity index is 945. The lowest BCUT2D eigenvalue weighted by Crippen LogP contribution is -2.27. The number of hydrogen-bond acceptors (Lipinski definition) is 2. The summed E-state index contributed by atoms with van der Waals surface area (Å²) < 4.78 is 0. The molecule has 0 radical (unpaired) electrons. The minimum absolute atomic E-state index is 0.0498. The maximum atomic E-state index is 12.2. The molecule has 0 bridgehead atoms. The summed E-state index contributed by atoms with van der Waals surface area (Å²) in [6.45, 7) is 3.97. The number of aryl methyl sites for hydroxylation is 2. The summed E-state index contributed by atoms with van der Waals surface area (Å²) >= 11 is 0. The van der Waals surface area contributed by atoms with Crippen molar-refractivity contribution in [2.45, 2.75) is 32.7 Å². The number of aromatic amines is 1. The number of aromatic nitrogens is 1. The zero-order chi connectivity index (χ0) is 17.8. The van der Waals surface area contributed by atoms with Crippen molar-refractivity contribution in [3.05, 3.63) is 81.6 Å². The molecule has 25 heavy (non-hydrogen) atoms. The van der Waals surface area contributed by atoms with Gasteiger partial charge in [-0.1, -0.05) is 42.0 Å². The second-order valence-electron chi connectivity index (χ2n) is 6.41. The van der Waals surface area contributed by atoms with E-state index in [0.717, 1.165) is 22.0 Å². The van der Waals surface area contributed by atoms with Gasteiger partial charge in [0.1, 0.15) is 0 Å². The number of benzene rings is 2. The summed E-state index contributed by atoms with van der Waals surface area (Å²) in [6.07, 6.45) is 0.712. The van der Waals surface area contributed by atoms with Gasteiger partial charge in [-0.05, 0) is 49.4 Å². The molecule has 1 amide bonds. The molecule has 2 aromatic carbocycles. The average Bonchev–Trinajstić information content (AvgIpc) is 2.61. The maximum absolute atomic E-state index is 12.2. The van der Waals surface area contributed by atoms with Crippen LogP contribution in [0.15, 0.2) is 59.4 Å². The number of H-pyrrole nitrogens is 1. The van der Waals surface area contributed by atoms with Gasteiger partial charge in [0.15, 0.2) is 0 Å². The van der Waals surface area contributed by atoms with Crippen molar-refractivity contribution in [1.82, 2.24) is 10.3 Å². The zero-order valence-corrected chi connectivity index (χ0v) is 14.5. The highest BCUT2D eigenvalue weighted by atomic mass is 16.1. The highest BCUT2D eigenvalue weighted by molar-refractivity contribution is 5.80. The summed E-state index contributed by atoms with van der Waals surface area (Å²) in [5.41, 5.74) is 3.54. The number of pyridine rings is 1. The molecule has 1 aromatic heterocycles. The van der Waals surface area contributed by atoms with Gasteiger partial charge in [-0.25, -0.2) is 0 Å². The predicted octanol–water partition coefficient (Wildman–Crippen LogP) is 3.65. The van der Waals surface area contributed by atoms with Gasteiger partial charge in [0.2, 0.25) is 5.91 Å². The number of amides is 1. The highest BCUT2D eigenvalue weighted by Gasteiger charge is 2.11.